The Labute approximate surface area is 142 Å². The van der Waals surface area contributed by atoms with E-state index in [1.54, 1.807) is 48.7 Å². The van der Waals surface area contributed by atoms with E-state index in [4.69, 9.17) is 11.6 Å². The Bertz CT molecular complexity index is 908. The molecule has 2 aromatic heterocycles. The number of amides is 1. The number of hydrogen-bond acceptors (Lipinski definition) is 4. The van der Waals surface area contributed by atoms with Crippen molar-refractivity contribution in [3.8, 4) is 11.3 Å². The molecular weight excluding hydrogens is 328 g/mol. The van der Waals surface area contributed by atoms with E-state index in [0.29, 0.717) is 16.4 Å². The molecule has 2 heterocycles. The largest absolute Gasteiger partial charge is 0.323 e. The summed E-state index contributed by atoms with van der Waals surface area (Å²) in [5.74, 6) is -0.356. The second-order valence-corrected chi connectivity index (χ2v) is 5.45. The zero-order valence-corrected chi connectivity index (χ0v) is 13.3. The van der Waals surface area contributed by atoms with E-state index in [2.05, 4.69) is 15.4 Å². The molecule has 0 bridgehead atoms. The molecule has 3 rings (SSSR count). The van der Waals surface area contributed by atoms with Crippen LogP contribution in [-0.4, -0.2) is 20.7 Å². The number of anilines is 1. The Morgan fingerprint density at radius 2 is 1.92 bits per heavy atom. The summed E-state index contributed by atoms with van der Waals surface area (Å²) in [6.07, 6.45) is 3.13. The summed E-state index contributed by atoms with van der Waals surface area (Å²) in [6.45, 7) is -0.185. The lowest BCUT2D eigenvalue weighted by Gasteiger charge is -2.08. The molecule has 0 saturated carbocycles. The molecule has 3 aromatic rings. The van der Waals surface area contributed by atoms with E-state index >= 15 is 0 Å². The standard InChI is InChI=1S/C17H13ClN4O2/c18-13-5-3-12(4-6-13)15-7-8-17(24)22(21-15)11-16(23)20-14-2-1-9-19-10-14/h1-10H,11H2,(H,20,23). The van der Waals surface area contributed by atoms with Gasteiger partial charge in [0, 0.05) is 22.8 Å². The molecule has 0 fully saturated rings. The SMILES string of the molecule is O=C(Cn1nc(-c2ccc(Cl)cc2)ccc1=O)Nc1cccnc1. The van der Waals surface area contributed by atoms with Gasteiger partial charge in [0.25, 0.3) is 5.56 Å². The quantitative estimate of drug-likeness (QED) is 0.792. The van der Waals surface area contributed by atoms with E-state index in [0.717, 1.165) is 10.2 Å². The molecule has 1 aromatic carbocycles. The Hall–Kier alpha value is -2.99. The molecule has 0 spiro atoms. The summed E-state index contributed by atoms with van der Waals surface area (Å²) in [7, 11) is 0. The molecule has 1 amide bonds. The number of pyridine rings is 1. The average Bonchev–Trinajstić information content (AvgIpc) is 2.58. The Kier molecular flexibility index (Phi) is 4.67. The Morgan fingerprint density at radius 3 is 2.62 bits per heavy atom. The zero-order valence-electron chi connectivity index (χ0n) is 12.5. The molecular formula is C17H13ClN4O2. The van der Waals surface area contributed by atoms with Gasteiger partial charge in [-0.15, -0.1) is 0 Å². The van der Waals surface area contributed by atoms with Gasteiger partial charge in [0.2, 0.25) is 5.91 Å². The van der Waals surface area contributed by atoms with Crippen molar-refractivity contribution in [1.29, 1.82) is 0 Å². The summed E-state index contributed by atoms with van der Waals surface area (Å²) < 4.78 is 1.12. The van der Waals surface area contributed by atoms with Crippen LogP contribution >= 0.6 is 11.6 Å². The number of carbonyl (C=O) groups excluding carboxylic acids is 1. The van der Waals surface area contributed by atoms with Crippen molar-refractivity contribution >= 4 is 23.2 Å². The van der Waals surface area contributed by atoms with Crippen LogP contribution in [0, 0.1) is 0 Å². The summed E-state index contributed by atoms with van der Waals surface area (Å²) in [4.78, 5) is 27.9. The first-order chi connectivity index (χ1) is 11.6. The maximum atomic E-state index is 12.1. The lowest BCUT2D eigenvalue weighted by molar-refractivity contribution is -0.117. The van der Waals surface area contributed by atoms with Gasteiger partial charge >= 0.3 is 0 Å². The van der Waals surface area contributed by atoms with Crippen LogP contribution in [0.1, 0.15) is 0 Å². The number of halogens is 1. The number of benzene rings is 1. The maximum absolute atomic E-state index is 12.1. The molecule has 6 nitrogen and oxygen atoms in total. The first-order valence-corrected chi connectivity index (χ1v) is 7.53. The minimum absolute atomic E-state index is 0.185. The number of nitrogens with zero attached hydrogens (tertiary/aromatic N) is 3. The molecule has 0 aliphatic rings. The molecule has 0 saturated heterocycles. The van der Waals surface area contributed by atoms with Gasteiger partial charge in [0.1, 0.15) is 6.54 Å². The first-order valence-electron chi connectivity index (χ1n) is 7.16. The van der Waals surface area contributed by atoms with Crippen molar-refractivity contribution in [2.75, 3.05) is 5.32 Å². The van der Waals surface area contributed by atoms with E-state index in [9.17, 15) is 9.59 Å². The number of nitrogens with one attached hydrogen (secondary N) is 1. The molecule has 7 heteroatoms. The fourth-order valence-electron chi connectivity index (χ4n) is 2.11. The molecule has 0 unspecified atom stereocenters. The minimum Gasteiger partial charge on any atom is -0.323 e. The highest BCUT2D eigenvalue weighted by Crippen LogP contribution is 2.18. The third-order valence-electron chi connectivity index (χ3n) is 3.25. The molecule has 0 atom stereocenters. The van der Waals surface area contributed by atoms with Crippen LogP contribution < -0.4 is 10.9 Å². The van der Waals surface area contributed by atoms with E-state index < -0.39 is 0 Å². The van der Waals surface area contributed by atoms with Gasteiger partial charge in [-0.05, 0) is 30.3 Å². The van der Waals surface area contributed by atoms with Crippen molar-refractivity contribution in [3.05, 3.63) is 76.3 Å². The van der Waals surface area contributed by atoms with Crippen LogP contribution in [-0.2, 0) is 11.3 Å². The lowest BCUT2D eigenvalue weighted by atomic mass is 10.1. The van der Waals surface area contributed by atoms with E-state index in [-0.39, 0.29) is 18.0 Å². The van der Waals surface area contributed by atoms with Crippen LogP contribution in [0.4, 0.5) is 5.69 Å². The summed E-state index contributed by atoms with van der Waals surface area (Å²) in [5, 5.41) is 7.52. The van der Waals surface area contributed by atoms with Crippen molar-refractivity contribution in [1.82, 2.24) is 14.8 Å². The summed E-state index contributed by atoms with van der Waals surface area (Å²) in [6, 6.07) is 13.5. The second kappa shape index (κ2) is 7.06. The topological polar surface area (TPSA) is 76.9 Å². The third kappa shape index (κ3) is 3.85. The predicted molar refractivity (Wildman–Crippen MR) is 91.8 cm³/mol. The van der Waals surface area contributed by atoms with Crippen molar-refractivity contribution in [2.45, 2.75) is 6.54 Å². The van der Waals surface area contributed by atoms with Crippen LogP contribution in [0.3, 0.4) is 0 Å². The van der Waals surface area contributed by atoms with Crippen LogP contribution in [0.25, 0.3) is 11.3 Å². The van der Waals surface area contributed by atoms with Crippen LogP contribution in [0.15, 0.2) is 65.7 Å². The van der Waals surface area contributed by atoms with Gasteiger partial charge in [-0.25, -0.2) is 4.68 Å². The second-order valence-electron chi connectivity index (χ2n) is 5.01. The van der Waals surface area contributed by atoms with Crippen LogP contribution in [0.5, 0.6) is 0 Å². The van der Waals surface area contributed by atoms with E-state index in [1.807, 2.05) is 0 Å². The third-order valence-corrected chi connectivity index (χ3v) is 3.50. The van der Waals surface area contributed by atoms with Crippen molar-refractivity contribution in [2.24, 2.45) is 0 Å². The fourth-order valence-corrected chi connectivity index (χ4v) is 2.24. The average molecular weight is 341 g/mol. The van der Waals surface area contributed by atoms with Gasteiger partial charge in [-0.3, -0.25) is 14.6 Å². The zero-order chi connectivity index (χ0) is 16.9. The molecule has 0 aliphatic carbocycles. The lowest BCUT2D eigenvalue weighted by Crippen LogP contribution is -2.29. The Balaban J connectivity index is 1.80. The van der Waals surface area contributed by atoms with Gasteiger partial charge in [0.15, 0.2) is 0 Å². The highest BCUT2D eigenvalue weighted by Gasteiger charge is 2.08. The summed E-state index contributed by atoms with van der Waals surface area (Å²) in [5.41, 5.74) is 1.60. The first kappa shape index (κ1) is 15.9. The van der Waals surface area contributed by atoms with Gasteiger partial charge < -0.3 is 5.32 Å². The molecule has 24 heavy (non-hydrogen) atoms. The van der Waals surface area contributed by atoms with Gasteiger partial charge in [-0.1, -0.05) is 23.7 Å². The normalized spacial score (nSPS) is 10.4. The fraction of sp³-hybridized carbons (Fsp3) is 0.0588. The number of hydrogen-bond donors (Lipinski definition) is 1. The molecule has 120 valence electrons. The predicted octanol–water partition coefficient (Wildman–Crippen LogP) is 2.60. The van der Waals surface area contributed by atoms with Gasteiger partial charge in [0.05, 0.1) is 17.6 Å². The number of rotatable bonds is 4. The number of carbonyl (C=O) groups is 1. The van der Waals surface area contributed by atoms with Crippen molar-refractivity contribution < 1.29 is 4.79 Å². The Morgan fingerprint density at radius 1 is 1.12 bits per heavy atom. The monoisotopic (exact) mass is 340 g/mol. The molecule has 0 radical (unpaired) electrons. The molecule has 0 aliphatic heterocycles. The summed E-state index contributed by atoms with van der Waals surface area (Å²) >= 11 is 5.87. The maximum Gasteiger partial charge on any atom is 0.267 e. The van der Waals surface area contributed by atoms with Gasteiger partial charge in [-0.2, -0.15) is 5.10 Å². The van der Waals surface area contributed by atoms with Crippen LogP contribution in [0.2, 0.25) is 5.02 Å². The highest BCUT2D eigenvalue weighted by molar-refractivity contribution is 6.30. The van der Waals surface area contributed by atoms with Crippen molar-refractivity contribution in [3.63, 3.8) is 0 Å². The van der Waals surface area contributed by atoms with E-state index in [1.165, 1.54) is 12.3 Å². The molecule has 1 N–H and O–H groups in total. The minimum atomic E-state index is -0.356. The number of aromatic nitrogens is 3. The smallest absolute Gasteiger partial charge is 0.267 e. The highest BCUT2D eigenvalue weighted by atomic mass is 35.5.